The Balaban J connectivity index is 2.24. The molecule has 19 heavy (non-hydrogen) atoms. The van der Waals surface area contributed by atoms with Gasteiger partial charge in [-0.3, -0.25) is 0 Å². The van der Waals surface area contributed by atoms with Gasteiger partial charge in [0.15, 0.2) is 0 Å². The average Bonchev–Trinajstić information content (AvgIpc) is 2.71. The number of nitrogens with one attached hydrogen (secondary N) is 1. The smallest absolute Gasteiger partial charge is 0.207 e. The molecule has 0 aliphatic rings. The van der Waals surface area contributed by atoms with Crippen LogP contribution in [0.3, 0.4) is 0 Å². The molecule has 0 aliphatic heterocycles. The zero-order valence-corrected chi connectivity index (χ0v) is 11.4. The summed E-state index contributed by atoms with van der Waals surface area (Å²) >= 11 is 0. The predicted molar refractivity (Wildman–Crippen MR) is 73.3 cm³/mol. The molecular formula is C14H18FN3O. The SMILES string of the molecule is COCCn1cc(C)nc1Nc1cc(F)ccc1C. The average molecular weight is 263 g/mol. The van der Waals surface area contributed by atoms with Crippen molar-refractivity contribution in [1.82, 2.24) is 9.55 Å². The molecule has 1 aromatic heterocycles. The highest BCUT2D eigenvalue weighted by molar-refractivity contribution is 5.58. The lowest BCUT2D eigenvalue weighted by molar-refractivity contribution is 0.188. The van der Waals surface area contributed by atoms with E-state index in [0.717, 1.165) is 16.9 Å². The van der Waals surface area contributed by atoms with Crippen molar-refractivity contribution in [2.24, 2.45) is 0 Å². The summed E-state index contributed by atoms with van der Waals surface area (Å²) in [6, 6.07) is 4.66. The maximum absolute atomic E-state index is 13.3. The van der Waals surface area contributed by atoms with Crippen molar-refractivity contribution in [3.05, 3.63) is 41.5 Å². The van der Waals surface area contributed by atoms with Gasteiger partial charge in [-0.05, 0) is 31.5 Å². The number of imidazole rings is 1. The Bertz CT molecular complexity index is 566. The molecule has 0 spiro atoms. The van der Waals surface area contributed by atoms with Gasteiger partial charge in [-0.1, -0.05) is 6.07 Å². The van der Waals surface area contributed by atoms with E-state index in [4.69, 9.17) is 4.74 Å². The summed E-state index contributed by atoms with van der Waals surface area (Å²) in [5, 5.41) is 3.17. The minimum atomic E-state index is -0.264. The monoisotopic (exact) mass is 263 g/mol. The fraction of sp³-hybridized carbons (Fsp3) is 0.357. The Morgan fingerprint density at radius 2 is 2.16 bits per heavy atom. The highest BCUT2D eigenvalue weighted by atomic mass is 19.1. The van der Waals surface area contributed by atoms with Crippen molar-refractivity contribution in [3.8, 4) is 0 Å². The summed E-state index contributed by atoms with van der Waals surface area (Å²) in [5.41, 5.74) is 2.61. The molecule has 5 heteroatoms. The Kier molecular flexibility index (Phi) is 4.16. The first-order valence-corrected chi connectivity index (χ1v) is 6.16. The molecule has 1 N–H and O–H groups in total. The molecule has 0 atom stereocenters. The summed E-state index contributed by atoms with van der Waals surface area (Å²) in [4.78, 5) is 4.40. The van der Waals surface area contributed by atoms with E-state index >= 15 is 0 Å². The number of ether oxygens (including phenoxy) is 1. The Hall–Kier alpha value is -1.88. The van der Waals surface area contributed by atoms with Gasteiger partial charge in [0, 0.05) is 25.5 Å². The third-order valence-electron chi connectivity index (χ3n) is 2.88. The maximum atomic E-state index is 13.3. The standard InChI is InChI=1S/C14H18FN3O/c1-10-4-5-12(15)8-13(10)17-14-16-11(2)9-18(14)6-7-19-3/h4-5,8-9H,6-7H2,1-3H3,(H,16,17). The van der Waals surface area contributed by atoms with Crippen molar-refractivity contribution in [1.29, 1.82) is 0 Å². The van der Waals surface area contributed by atoms with Crippen LogP contribution in [-0.4, -0.2) is 23.3 Å². The van der Waals surface area contributed by atoms with Crippen molar-refractivity contribution in [3.63, 3.8) is 0 Å². The summed E-state index contributed by atoms with van der Waals surface area (Å²) in [6.45, 7) is 5.16. The minimum Gasteiger partial charge on any atom is -0.383 e. The van der Waals surface area contributed by atoms with Crippen LogP contribution in [0.15, 0.2) is 24.4 Å². The first-order chi connectivity index (χ1) is 9.10. The van der Waals surface area contributed by atoms with Gasteiger partial charge in [0.1, 0.15) is 5.82 Å². The van der Waals surface area contributed by atoms with Crippen LogP contribution in [0, 0.1) is 19.7 Å². The third-order valence-corrected chi connectivity index (χ3v) is 2.88. The van der Waals surface area contributed by atoms with Crippen LogP contribution in [0.25, 0.3) is 0 Å². The molecule has 2 aromatic rings. The van der Waals surface area contributed by atoms with Crippen molar-refractivity contribution < 1.29 is 9.13 Å². The van der Waals surface area contributed by atoms with Gasteiger partial charge in [0.05, 0.1) is 12.3 Å². The molecule has 0 saturated carbocycles. The molecule has 102 valence electrons. The summed E-state index contributed by atoms with van der Waals surface area (Å²) in [5.74, 6) is 0.433. The van der Waals surface area contributed by atoms with Crippen LogP contribution in [0.5, 0.6) is 0 Å². The number of nitrogens with zero attached hydrogens (tertiary/aromatic N) is 2. The second-order valence-corrected chi connectivity index (χ2v) is 4.48. The summed E-state index contributed by atoms with van der Waals surface area (Å²) in [6.07, 6.45) is 1.94. The third kappa shape index (κ3) is 3.32. The predicted octanol–water partition coefficient (Wildman–Crippen LogP) is 3.03. The van der Waals surface area contributed by atoms with Gasteiger partial charge in [-0.15, -0.1) is 0 Å². The molecule has 4 nitrogen and oxygen atoms in total. The van der Waals surface area contributed by atoms with E-state index in [9.17, 15) is 4.39 Å². The van der Waals surface area contributed by atoms with Crippen LogP contribution in [0.2, 0.25) is 0 Å². The molecule has 2 rings (SSSR count). The van der Waals surface area contributed by atoms with Gasteiger partial charge in [0.25, 0.3) is 0 Å². The summed E-state index contributed by atoms with van der Waals surface area (Å²) in [7, 11) is 1.66. The molecule has 0 amide bonds. The van der Waals surface area contributed by atoms with Crippen molar-refractivity contribution in [2.45, 2.75) is 20.4 Å². The molecule has 0 radical (unpaired) electrons. The molecule has 0 bridgehead atoms. The highest BCUT2D eigenvalue weighted by Gasteiger charge is 2.08. The van der Waals surface area contributed by atoms with E-state index in [1.165, 1.54) is 12.1 Å². The second kappa shape index (κ2) is 5.84. The van der Waals surface area contributed by atoms with Gasteiger partial charge in [-0.2, -0.15) is 0 Å². The highest BCUT2D eigenvalue weighted by Crippen LogP contribution is 2.21. The minimum absolute atomic E-state index is 0.264. The molecule has 0 aliphatic carbocycles. The molecule has 0 fully saturated rings. The van der Waals surface area contributed by atoms with Gasteiger partial charge in [0.2, 0.25) is 5.95 Å². The number of aryl methyl sites for hydroxylation is 2. The van der Waals surface area contributed by atoms with E-state index < -0.39 is 0 Å². The molecule has 1 heterocycles. The molecule has 1 aromatic carbocycles. The Labute approximate surface area is 112 Å². The largest absolute Gasteiger partial charge is 0.383 e. The normalized spacial score (nSPS) is 10.7. The Morgan fingerprint density at radius 1 is 1.37 bits per heavy atom. The number of hydrogen-bond acceptors (Lipinski definition) is 3. The van der Waals surface area contributed by atoms with Crippen molar-refractivity contribution in [2.75, 3.05) is 19.0 Å². The summed E-state index contributed by atoms with van der Waals surface area (Å²) < 4.78 is 20.3. The number of rotatable bonds is 5. The molecule has 0 unspecified atom stereocenters. The van der Waals surface area contributed by atoms with E-state index in [1.54, 1.807) is 13.2 Å². The number of benzene rings is 1. The van der Waals surface area contributed by atoms with Crippen LogP contribution in [0.1, 0.15) is 11.3 Å². The van der Waals surface area contributed by atoms with E-state index in [1.807, 2.05) is 24.6 Å². The number of methoxy groups -OCH3 is 1. The lowest BCUT2D eigenvalue weighted by Gasteiger charge is -2.11. The fourth-order valence-corrected chi connectivity index (χ4v) is 1.86. The fourth-order valence-electron chi connectivity index (χ4n) is 1.86. The van der Waals surface area contributed by atoms with E-state index in [0.29, 0.717) is 19.1 Å². The lowest BCUT2D eigenvalue weighted by atomic mass is 10.2. The van der Waals surface area contributed by atoms with Gasteiger partial charge >= 0.3 is 0 Å². The lowest BCUT2D eigenvalue weighted by Crippen LogP contribution is -2.07. The maximum Gasteiger partial charge on any atom is 0.207 e. The Morgan fingerprint density at radius 3 is 2.89 bits per heavy atom. The zero-order valence-electron chi connectivity index (χ0n) is 11.4. The van der Waals surface area contributed by atoms with Gasteiger partial charge < -0.3 is 14.6 Å². The zero-order chi connectivity index (χ0) is 13.8. The second-order valence-electron chi connectivity index (χ2n) is 4.48. The quantitative estimate of drug-likeness (QED) is 0.901. The van der Waals surface area contributed by atoms with Crippen LogP contribution >= 0.6 is 0 Å². The van der Waals surface area contributed by atoms with E-state index in [2.05, 4.69) is 10.3 Å². The molecular weight excluding hydrogens is 245 g/mol. The molecule has 0 saturated heterocycles. The number of halogens is 1. The van der Waals surface area contributed by atoms with Crippen LogP contribution in [-0.2, 0) is 11.3 Å². The number of anilines is 2. The topological polar surface area (TPSA) is 39.1 Å². The van der Waals surface area contributed by atoms with Crippen LogP contribution in [0.4, 0.5) is 16.0 Å². The number of aromatic nitrogens is 2. The van der Waals surface area contributed by atoms with Gasteiger partial charge in [-0.25, -0.2) is 9.37 Å². The first kappa shape index (κ1) is 13.5. The number of hydrogen-bond donors (Lipinski definition) is 1. The van der Waals surface area contributed by atoms with Crippen LogP contribution < -0.4 is 5.32 Å². The van der Waals surface area contributed by atoms with Crippen molar-refractivity contribution >= 4 is 11.6 Å². The first-order valence-electron chi connectivity index (χ1n) is 6.16. The van der Waals surface area contributed by atoms with E-state index in [-0.39, 0.29) is 5.82 Å².